The molecule has 2 aromatic carbocycles. The lowest BCUT2D eigenvalue weighted by atomic mass is 10.1. The van der Waals surface area contributed by atoms with E-state index in [0.29, 0.717) is 17.4 Å². The highest BCUT2D eigenvalue weighted by Gasteiger charge is 2.25. The van der Waals surface area contributed by atoms with Crippen molar-refractivity contribution in [1.29, 1.82) is 0 Å². The van der Waals surface area contributed by atoms with Crippen molar-refractivity contribution in [1.82, 2.24) is 15.1 Å². The van der Waals surface area contributed by atoms with E-state index in [9.17, 15) is 14.0 Å². The van der Waals surface area contributed by atoms with Crippen molar-refractivity contribution in [2.24, 2.45) is 0 Å². The van der Waals surface area contributed by atoms with Crippen LogP contribution in [0, 0.1) is 5.82 Å². The Balaban J connectivity index is 1.99. The highest BCUT2D eigenvalue weighted by molar-refractivity contribution is 5.95. The van der Waals surface area contributed by atoms with E-state index < -0.39 is 11.3 Å². The summed E-state index contributed by atoms with van der Waals surface area (Å²) in [5.74, 6) is -0.788. The first-order valence-electron chi connectivity index (χ1n) is 8.06. The Morgan fingerprint density at radius 3 is 2.56 bits per heavy atom. The molecular weight excluding hydrogens is 321 g/mol. The number of nitrogens with one attached hydrogen (secondary N) is 1. The second-order valence-electron chi connectivity index (χ2n) is 5.77. The highest BCUT2D eigenvalue weighted by atomic mass is 19.1. The lowest BCUT2D eigenvalue weighted by Crippen LogP contribution is -2.37. The largest absolute Gasteiger partial charge is 0.331 e. The second-order valence-corrected chi connectivity index (χ2v) is 5.77. The summed E-state index contributed by atoms with van der Waals surface area (Å²) < 4.78 is 13.1. The molecule has 0 aliphatic rings. The molecule has 0 fully saturated rings. The van der Waals surface area contributed by atoms with Gasteiger partial charge in [0.15, 0.2) is 5.69 Å². The molecule has 6 heteroatoms. The van der Waals surface area contributed by atoms with E-state index in [1.807, 2.05) is 13.8 Å². The number of carbonyl (C=O) groups is 1. The fraction of sp³-hybridized carbons (Fsp3) is 0.211. The summed E-state index contributed by atoms with van der Waals surface area (Å²) >= 11 is 0. The zero-order chi connectivity index (χ0) is 18.0. The van der Waals surface area contributed by atoms with Gasteiger partial charge in [0.2, 0.25) is 5.43 Å². The molecule has 0 saturated carbocycles. The molecule has 1 amide bonds. The third-order valence-electron chi connectivity index (χ3n) is 4.30. The number of benzene rings is 2. The summed E-state index contributed by atoms with van der Waals surface area (Å²) in [5.41, 5.74) is 0.825. The lowest BCUT2D eigenvalue weighted by molar-refractivity contribution is 0.0694. The normalized spacial score (nSPS) is 12.1. The second kappa shape index (κ2) is 6.84. The number of rotatable bonds is 4. The van der Waals surface area contributed by atoms with Crippen molar-refractivity contribution >= 4 is 16.8 Å². The minimum atomic E-state index is -0.452. The van der Waals surface area contributed by atoms with Gasteiger partial charge in [-0.1, -0.05) is 24.3 Å². The van der Waals surface area contributed by atoms with Gasteiger partial charge in [-0.05, 0) is 43.7 Å². The van der Waals surface area contributed by atoms with E-state index in [1.54, 1.807) is 41.3 Å². The Morgan fingerprint density at radius 1 is 1.20 bits per heavy atom. The van der Waals surface area contributed by atoms with Gasteiger partial charge in [0, 0.05) is 11.9 Å². The number of aromatic amines is 1. The van der Waals surface area contributed by atoms with Crippen LogP contribution in [0.3, 0.4) is 0 Å². The SMILES string of the molecule is CCN(C(=O)c1n[nH]c2ccccc2c1=O)[C@H](C)c1ccc(F)cc1. The molecule has 25 heavy (non-hydrogen) atoms. The molecule has 0 saturated heterocycles. The van der Waals surface area contributed by atoms with Crippen LogP contribution in [0.4, 0.5) is 4.39 Å². The Morgan fingerprint density at radius 2 is 1.88 bits per heavy atom. The van der Waals surface area contributed by atoms with Crippen LogP contribution in [0.5, 0.6) is 0 Å². The fourth-order valence-electron chi connectivity index (χ4n) is 2.87. The molecular formula is C19H18FN3O2. The van der Waals surface area contributed by atoms with Crippen LogP contribution in [0.1, 0.15) is 35.9 Å². The van der Waals surface area contributed by atoms with Gasteiger partial charge in [0.05, 0.1) is 11.6 Å². The van der Waals surface area contributed by atoms with Gasteiger partial charge in [-0.15, -0.1) is 0 Å². The number of aromatic nitrogens is 2. The zero-order valence-electron chi connectivity index (χ0n) is 14.0. The summed E-state index contributed by atoms with van der Waals surface area (Å²) in [5, 5.41) is 7.16. The van der Waals surface area contributed by atoms with Crippen LogP contribution in [-0.4, -0.2) is 27.5 Å². The first-order chi connectivity index (χ1) is 12.0. The topological polar surface area (TPSA) is 66.1 Å². The van der Waals surface area contributed by atoms with Gasteiger partial charge in [-0.25, -0.2) is 4.39 Å². The van der Waals surface area contributed by atoms with Crippen molar-refractivity contribution in [3.8, 4) is 0 Å². The molecule has 0 radical (unpaired) electrons. The molecule has 0 bridgehead atoms. The Kier molecular flexibility index (Phi) is 4.61. The van der Waals surface area contributed by atoms with Gasteiger partial charge in [0.1, 0.15) is 5.82 Å². The maximum Gasteiger partial charge on any atom is 0.278 e. The first kappa shape index (κ1) is 16.8. The minimum absolute atomic E-state index is 0.144. The minimum Gasteiger partial charge on any atom is -0.331 e. The molecule has 0 aliphatic heterocycles. The summed E-state index contributed by atoms with van der Waals surface area (Å²) in [6.45, 7) is 4.06. The smallest absolute Gasteiger partial charge is 0.278 e. The zero-order valence-corrected chi connectivity index (χ0v) is 14.0. The van der Waals surface area contributed by atoms with Crippen molar-refractivity contribution in [3.63, 3.8) is 0 Å². The van der Waals surface area contributed by atoms with Gasteiger partial charge in [0.25, 0.3) is 5.91 Å². The van der Waals surface area contributed by atoms with E-state index in [-0.39, 0.29) is 17.6 Å². The van der Waals surface area contributed by atoms with E-state index in [1.165, 1.54) is 12.1 Å². The molecule has 1 aromatic heterocycles. The van der Waals surface area contributed by atoms with Gasteiger partial charge in [-0.3, -0.25) is 14.7 Å². The van der Waals surface area contributed by atoms with Gasteiger partial charge in [-0.2, -0.15) is 5.10 Å². The molecule has 128 valence electrons. The number of fused-ring (bicyclic) bond motifs is 1. The van der Waals surface area contributed by atoms with Crippen LogP contribution >= 0.6 is 0 Å². The number of nitrogens with zero attached hydrogens (tertiary/aromatic N) is 2. The van der Waals surface area contributed by atoms with Crippen molar-refractivity contribution in [2.75, 3.05) is 6.54 Å². The number of hydrogen-bond donors (Lipinski definition) is 1. The van der Waals surface area contributed by atoms with E-state index in [0.717, 1.165) is 5.56 Å². The number of amides is 1. The van der Waals surface area contributed by atoms with Crippen LogP contribution in [0.25, 0.3) is 10.9 Å². The summed E-state index contributed by atoms with van der Waals surface area (Å²) in [7, 11) is 0. The quantitative estimate of drug-likeness (QED) is 0.793. The fourth-order valence-corrected chi connectivity index (χ4v) is 2.87. The molecule has 3 rings (SSSR count). The number of para-hydroxylation sites is 1. The molecule has 3 aromatic rings. The standard InChI is InChI=1S/C19H18FN3O2/c1-3-23(12(2)13-8-10-14(20)11-9-13)19(25)17-18(24)15-6-4-5-7-16(15)21-22-17/h4-12H,3H2,1-2H3,(H,21,24)/t12-/m1/s1. The predicted molar refractivity (Wildman–Crippen MR) is 93.9 cm³/mol. The third kappa shape index (κ3) is 3.15. The van der Waals surface area contributed by atoms with Crippen LogP contribution in [0.15, 0.2) is 53.3 Å². The third-order valence-corrected chi connectivity index (χ3v) is 4.30. The highest BCUT2D eigenvalue weighted by Crippen LogP contribution is 2.21. The maximum absolute atomic E-state index is 13.1. The molecule has 0 unspecified atom stereocenters. The summed E-state index contributed by atoms with van der Waals surface area (Å²) in [6, 6.07) is 12.6. The van der Waals surface area contributed by atoms with Crippen LogP contribution in [-0.2, 0) is 0 Å². The molecule has 1 atom stereocenters. The van der Waals surface area contributed by atoms with Gasteiger partial charge >= 0.3 is 0 Å². The van der Waals surface area contributed by atoms with Crippen molar-refractivity contribution < 1.29 is 9.18 Å². The Hall–Kier alpha value is -3.02. The summed E-state index contributed by atoms with van der Waals surface area (Å²) in [6.07, 6.45) is 0. The average molecular weight is 339 g/mol. The van der Waals surface area contributed by atoms with E-state index in [2.05, 4.69) is 10.2 Å². The Labute approximate surface area is 144 Å². The predicted octanol–water partition coefficient (Wildman–Crippen LogP) is 3.29. The lowest BCUT2D eigenvalue weighted by Gasteiger charge is -2.28. The monoisotopic (exact) mass is 339 g/mol. The maximum atomic E-state index is 13.1. The van der Waals surface area contributed by atoms with Gasteiger partial charge < -0.3 is 4.90 Å². The molecule has 1 heterocycles. The number of carbonyl (C=O) groups excluding carboxylic acids is 1. The van der Waals surface area contributed by atoms with Crippen molar-refractivity contribution in [3.05, 3.63) is 75.8 Å². The number of H-pyrrole nitrogens is 1. The Bertz CT molecular complexity index is 966. The van der Waals surface area contributed by atoms with Crippen LogP contribution in [0.2, 0.25) is 0 Å². The summed E-state index contributed by atoms with van der Waals surface area (Å²) in [4.78, 5) is 27.0. The molecule has 0 spiro atoms. The molecule has 5 nitrogen and oxygen atoms in total. The van der Waals surface area contributed by atoms with Crippen molar-refractivity contribution in [2.45, 2.75) is 19.9 Å². The van der Waals surface area contributed by atoms with Crippen LogP contribution < -0.4 is 5.43 Å². The van der Waals surface area contributed by atoms with E-state index in [4.69, 9.17) is 0 Å². The molecule has 1 N–H and O–H groups in total. The number of hydrogen-bond acceptors (Lipinski definition) is 3. The average Bonchev–Trinajstić information content (AvgIpc) is 2.63. The first-order valence-corrected chi connectivity index (χ1v) is 8.06. The van der Waals surface area contributed by atoms with E-state index >= 15 is 0 Å². The molecule has 0 aliphatic carbocycles. The number of halogens is 1.